The van der Waals surface area contributed by atoms with Crippen LogP contribution in [0.15, 0.2) is 5.38 Å². The standard InChI is InChI=1S/C6H10N4O2S2/c7-6-9-5(4-13-6)3-10-2-1-8-14(10,11)12/h4,8H,1-3H2,(H2,7,9). The molecule has 0 atom stereocenters. The van der Waals surface area contributed by atoms with Gasteiger partial charge >= 0.3 is 0 Å². The highest BCUT2D eigenvalue weighted by Crippen LogP contribution is 2.15. The van der Waals surface area contributed by atoms with Gasteiger partial charge in [-0.15, -0.1) is 11.3 Å². The average molecular weight is 234 g/mol. The number of nitrogens with one attached hydrogen (secondary N) is 1. The van der Waals surface area contributed by atoms with Gasteiger partial charge < -0.3 is 5.73 Å². The first-order valence-electron chi connectivity index (χ1n) is 4.02. The lowest BCUT2D eigenvalue weighted by Crippen LogP contribution is -2.29. The lowest BCUT2D eigenvalue weighted by atomic mass is 10.5. The van der Waals surface area contributed by atoms with Gasteiger partial charge in [-0.1, -0.05) is 0 Å². The minimum Gasteiger partial charge on any atom is -0.375 e. The molecule has 14 heavy (non-hydrogen) atoms. The van der Waals surface area contributed by atoms with Crippen molar-refractivity contribution in [2.45, 2.75) is 6.54 Å². The normalized spacial score (nSPS) is 21.4. The smallest absolute Gasteiger partial charge is 0.279 e. The maximum Gasteiger partial charge on any atom is 0.279 e. The van der Waals surface area contributed by atoms with E-state index in [-0.39, 0.29) is 0 Å². The predicted octanol–water partition coefficient (Wildman–Crippen LogP) is -0.625. The van der Waals surface area contributed by atoms with Crippen LogP contribution in [-0.2, 0) is 16.8 Å². The molecule has 1 aliphatic heterocycles. The summed E-state index contributed by atoms with van der Waals surface area (Å²) in [4.78, 5) is 4.00. The number of hydrogen-bond donors (Lipinski definition) is 2. The van der Waals surface area contributed by atoms with Crippen LogP contribution < -0.4 is 10.5 Å². The van der Waals surface area contributed by atoms with E-state index in [0.29, 0.717) is 30.5 Å². The SMILES string of the molecule is Nc1nc(CN2CCNS2(=O)=O)cs1. The van der Waals surface area contributed by atoms with Crippen molar-refractivity contribution in [3.8, 4) is 0 Å². The van der Waals surface area contributed by atoms with Crippen molar-refractivity contribution < 1.29 is 8.42 Å². The minimum atomic E-state index is -3.27. The molecule has 0 spiro atoms. The summed E-state index contributed by atoms with van der Waals surface area (Å²) >= 11 is 1.31. The van der Waals surface area contributed by atoms with E-state index in [1.807, 2.05) is 0 Å². The number of thiazole rings is 1. The van der Waals surface area contributed by atoms with Gasteiger partial charge in [0.2, 0.25) is 0 Å². The molecule has 2 heterocycles. The predicted molar refractivity (Wildman–Crippen MR) is 53.9 cm³/mol. The first-order valence-corrected chi connectivity index (χ1v) is 6.34. The summed E-state index contributed by atoms with van der Waals surface area (Å²) in [6.07, 6.45) is 0. The quantitative estimate of drug-likeness (QED) is 0.713. The number of anilines is 1. The average Bonchev–Trinajstić information content (AvgIpc) is 2.61. The Hall–Kier alpha value is -0.700. The Morgan fingerprint density at radius 2 is 2.50 bits per heavy atom. The van der Waals surface area contributed by atoms with E-state index in [9.17, 15) is 8.42 Å². The summed E-state index contributed by atoms with van der Waals surface area (Å²) in [7, 11) is -3.27. The van der Waals surface area contributed by atoms with Gasteiger partial charge in [-0.05, 0) is 0 Å². The zero-order valence-electron chi connectivity index (χ0n) is 7.30. The van der Waals surface area contributed by atoms with Gasteiger partial charge in [0.05, 0.1) is 12.2 Å². The molecule has 1 fully saturated rings. The Balaban J connectivity index is 2.12. The summed E-state index contributed by atoms with van der Waals surface area (Å²) < 4.78 is 26.4. The topological polar surface area (TPSA) is 88.3 Å². The number of hydrogen-bond acceptors (Lipinski definition) is 5. The molecule has 0 unspecified atom stereocenters. The van der Waals surface area contributed by atoms with Gasteiger partial charge in [0, 0.05) is 18.5 Å². The van der Waals surface area contributed by atoms with Crippen LogP contribution in [-0.4, -0.2) is 30.8 Å². The molecule has 3 N–H and O–H groups in total. The molecule has 0 radical (unpaired) electrons. The van der Waals surface area contributed by atoms with E-state index >= 15 is 0 Å². The van der Waals surface area contributed by atoms with Crippen molar-refractivity contribution in [2.75, 3.05) is 18.8 Å². The number of nitrogen functional groups attached to an aromatic ring is 1. The monoisotopic (exact) mass is 234 g/mol. The Morgan fingerprint density at radius 1 is 1.71 bits per heavy atom. The Morgan fingerprint density at radius 3 is 3.00 bits per heavy atom. The maximum atomic E-state index is 11.3. The Kier molecular flexibility index (Phi) is 2.43. The third kappa shape index (κ3) is 1.87. The Labute approximate surface area is 85.9 Å². The minimum absolute atomic E-state index is 0.295. The van der Waals surface area contributed by atoms with Crippen molar-refractivity contribution in [3.05, 3.63) is 11.1 Å². The highest BCUT2D eigenvalue weighted by molar-refractivity contribution is 7.87. The second kappa shape index (κ2) is 3.46. The van der Waals surface area contributed by atoms with E-state index < -0.39 is 10.2 Å². The summed E-state index contributed by atoms with van der Waals surface area (Å²) in [5, 5.41) is 2.23. The second-order valence-electron chi connectivity index (χ2n) is 2.91. The van der Waals surface area contributed by atoms with Gasteiger partial charge in [0.25, 0.3) is 10.2 Å². The van der Waals surface area contributed by atoms with Crippen LogP contribution in [0.4, 0.5) is 5.13 Å². The van der Waals surface area contributed by atoms with Crippen LogP contribution in [0.25, 0.3) is 0 Å². The highest BCUT2D eigenvalue weighted by atomic mass is 32.2. The zero-order valence-corrected chi connectivity index (χ0v) is 8.94. The molecule has 6 nitrogen and oxygen atoms in total. The molecular formula is C6H10N4O2S2. The van der Waals surface area contributed by atoms with E-state index in [0.717, 1.165) is 0 Å². The molecule has 0 aromatic carbocycles. The van der Waals surface area contributed by atoms with Gasteiger partial charge in [0.15, 0.2) is 5.13 Å². The fourth-order valence-electron chi connectivity index (χ4n) is 1.25. The molecule has 78 valence electrons. The van der Waals surface area contributed by atoms with E-state index in [4.69, 9.17) is 5.73 Å². The van der Waals surface area contributed by atoms with Gasteiger partial charge in [-0.3, -0.25) is 0 Å². The van der Waals surface area contributed by atoms with Gasteiger partial charge in [-0.2, -0.15) is 12.7 Å². The molecule has 0 saturated carbocycles. The molecule has 1 aliphatic rings. The van der Waals surface area contributed by atoms with Crippen molar-refractivity contribution in [3.63, 3.8) is 0 Å². The van der Waals surface area contributed by atoms with Crippen molar-refractivity contribution in [2.24, 2.45) is 0 Å². The molecule has 0 bridgehead atoms. The van der Waals surface area contributed by atoms with Crippen molar-refractivity contribution in [1.82, 2.24) is 14.0 Å². The zero-order chi connectivity index (χ0) is 10.2. The van der Waals surface area contributed by atoms with Crippen LogP contribution >= 0.6 is 11.3 Å². The van der Waals surface area contributed by atoms with Crippen LogP contribution in [0.3, 0.4) is 0 Å². The largest absolute Gasteiger partial charge is 0.375 e. The molecule has 1 aromatic heterocycles. The Bertz CT molecular complexity index is 427. The fourth-order valence-corrected chi connectivity index (χ4v) is 2.97. The summed E-state index contributed by atoms with van der Waals surface area (Å²) in [6.45, 7) is 1.24. The van der Waals surface area contributed by atoms with Gasteiger partial charge in [-0.25, -0.2) is 9.71 Å². The van der Waals surface area contributed by atoms with Crippen LogP contribution in [0.1, 0.15) is 5.69 Å². The van der Waals surface area contributed by atoms with Crippen molar-refractivity contribution >= 4 is 26.7 Å². The fraction of sp³-hybridized carbons (Fsp3) is 0.500. The maximum absolute atomic E-state index is 11.3. The molecule has 0 amide bonds. The van der Waals surface area contributed by atoms with E-state index in [1.165, 1.54) is 15.6 Å². The van der Waals surface area contributed by atoms with E-state index in [1.54, 1.807) is 5.38 Å². The molecule has 1 aromatic rings. The number of aromatic nitrogens is 1. The first kappa shape index (κ1) is 9.84. The number of rotatable bonds is 2. The molecule has 0 aliphatic carbocycles. The van der Waals surface area contributed by atoms with Crippen LogP contribution in [0.5, 0.6) is 0 Å². The molecule has 8 heteroatoms. The first-order chi connectivity index (χ1) is 6.58. The summed E-state index contributed by atoms with van der Waals surface area (Å²) in [5.74, 6) is 0. The summed E-state index contributed by atoms with van der Waals surface area (Å²) in [5.41, 5.74) is 6.14. The molecule has 1 saturated heterocycles. The van der Waals surface area contributed by atoms with Crippen LogP contribution in [0, 0.1) is 0 Å². The second-order valence-corrected chi connectivity index (χ2v) is 5.55. The van der Waals surface area contributed by atoms with Crippen LogP contribution in [0.2, 0.25) is 0 Å². The lowest BCUT2D eigenvalue weighted by molar-refractivity contribution is 0.442. The highest BCUT2D eigenvalue weighted by Gasteiger charge is 2.27. The third-order valence-corrected chi connectivity index (χ3v) is 4.18. The van der Waals surface area contributed by atoms with Crippen molar-refractivity contribution in [1.29, 1.82) is 0 Å². The summed E-state index contributed by atoms with van der Waals surface area (Å²) in [6, 6.07) is 0. The van der Waals surface area contributed by atoms with Gasteiger partial charge in [0.1, 0.15) is 0 Å². The molecule has 2 rings (SSSR count). The number of nitrogens with zero attached hydrogens (tertiary/aromatic N) is 2. The third-order valence-electron chi connectivity index (χ3n) is 1.89. The van der Waals surface area contributed by atoms with E-state index in [2.05, 4.69) is 9.71 Å². The lowest BCUT2D eigenvalue weighted by Gasteiger charge is -2.10. The number of nitrogens with two attached hydrogens (primary N) is 1. The molecular weight excluding hydrogens is 224 g/mol.